The van der Waals surface area contributed by atoms with Gasteiger partial charge in [0.25, 0.3) is 0 Å². The van der Waals surface area contributed by atoms with E-state index in [9.17, 15) is 5.26 Å². The third-order valence-corrected chi connectivity index (χ3v) is 10.9. The maximum atomic E-state index is 9.37. The maximum absolute atomic E-state index is 9.37. The summed E-state index contributed by atoms with van der Waals surface area (Å²) in [6.07, 6.45) is 7.42. The molecule has 0 radical (unpaired) electrons. The van der Waals surface area contributed by atoms with Crippen LogP contribution in [0.1, 0.15) is 5.56 Å². The van der Waals surface area contributed by atoms with Crippen LogP contribution in [0.15, 0.2) is 176 Å². The second kappa shape index (κ2) is 13.0. The maximum Gasteiger partial charge on any atom is 0.0991 e. The second-order valence-electron chi connectivity index (χ2n) is 12.6. The smallest absolute Gasteiger partial charge is 0.0991 e. The first-order chi connectivity index (χ1) is 25.2. The molecule has 9 aromatic rings. The zero-order valence-electron chi connectivity index (χ0n) is 27.5. The Balaban J connectivity index is 1.21. The molecule has 51 heavy (non-hydrogen) atoms. The van der Waals surface area contributed by atoms with Gasteiger partial charge in [-0.15, -0.1) is 11.3 Å². The fraction of sp³-hybridized carbons (Fsp3) is 0. The molecule has 0 bridgehead atoms. The molecule has 0 saturated carbocycles. The number of hydrogen-bond donors (Lipinski definition) is 0. The van der Waals surface area contributed by atoms with Crippen LogP contribution < -0.4 is 0 Å². The van der Waals surface area contributed by atoms with Gasteiger partial charge in [0.15, 0.2) is 0 Å². The fourth-order valence-electron chi connectivity index (χ4n) is 6.95. The zero-order chi connectivity index (χ0) is 34.1. The summed E-state index contributed by atoms with van der Waals surface area (Å²) in [5, 5.41) is 11.9. The highest BCUT2D eigenvalue weighted by molar-refractivity contribution is 7.26. The van der Waals surface area contributed by atoms with Crippen LogP contribution in [-0.2, 0) is 0 Å². The number of fused-ring (bicyclic) bond motifs is 3. The van der Waals surface area contributed by atoms with E-state index in [0.717, 1.165) is 44.5 Å². The first-order valence-corrected chi connectivity index (χ1v) is 17.7. The Morgan fingerprint density at radius 1 is 0.392 bits per heavy atom. The topological polar surface area (TPSA) is 49.6 Å². The van der Waals surface area contributed by atoms with Crippen molar-refractivity contribution in [2.75, 3.05) is 0 Å². The normalized spacial score (nSPS) is 11.1. The number of thiophene rings is 1. The highest BCUT2D eigenvalue weighted by Crippen LogP contribution is 2.46. The third-order valence-electron chi connectivity index (χ3n) is 9.56. The zero-order valence-corrected chi connectivity index (χ0v) is 28.3. The molecule has 6 aromatic carbocycles. The van der Waals surface area contributed by atoms with Gasteiger partial charge in [-0.1, -0.05) is 121 Å². The molecule has 0 spiro atoms. The average molecular weight is 668 g/mol. The molecule has 3 nitrogen and oxygen atoms in total. The van der Waals surface area contributed by atoms with Crippen LogP contribution in [0.4, 0.5) is 0 Å². The number of pyridine rings is 2. The van der Waals surface area contributed by atoms with E-state index in [-0.39, 0.29) is 0 Å². The lowest BCUT2D eigenvalue weighted by Gasteiger charge is -2.15. The van der Waals surface area contributed by atoms with Gasteiger partial charge in [0.1, 0.15) is 0 Å². The van der Waals surface area contributed by atoms with Crippen molar-refractivity contribution in [1.82, 2.24) is 9.97 Å². The lowest BCUT2D eigenvalue weighted by atomic mass is 9.89. The van der Waals surface area contributed by atoms with Gasteiger partial charge in [-0.2, -0.15) is 5.26 Å². The Bertz CT molecular complexity index is 2710. The van der Waals surface area contributed by atoms with E-state index < -0.39 is 0 Å². The molecule has 0 aliphatic heterocycles. The fourth-order valence-corrected chi connectivity index (χ4v) is 8.31. The lowest BCUT2D eigenvalue weighted by molar-refractivity contribution is 1.33. The molecular weight excluding hydrogens is 639 g/mol. The number of rotatable bonds is 6. The number of aromatic nitrogens is 2. The highest BCUT2D eigenvalue weighted by Gasteiger charge is 2.17. The van der Waals surface area contributed by atoms with E-state index in [2.05, 4.69) is 143 Å². The van der Waals surface area contributed by atoms with Crippen molar-refractivity contribution in [3.8, 4) is 72.8 Å². The summed E-state index contributed by atoms with van der Waals surface area (Å²) in [7, 11) is 0. The van der Waals surface area contributed by atoms with Gasteiger partial charge in [-0.05, 0) is 91.5 Å². The molecule has 0 unspecified atom stereocenters. The van der Waals surface area contributed by atoms with Crippen LogP contribution in [0.25, 0.3) is 86.9 Å². The first kappa shape index (κ1) is 30.4. The van der Waals surface area contributed by atoms with Gasteiger partial charge >= 0.3 is 0 Å². The predicted octanol–water partition coefficient (Wildman–Crippen LogP) is 12.7. The summed E-state index contributed by atoms with van der Waals surface area (Å²) in [6, 6.07) is 55.9. The molecule has 9 rings (SSSR count). The standard InChI is InChI=1S/C47H29N3S/c48-28-31-11-13-36(14-12-31)41-7-1-8-42-43-9-2-10-44(47(43)51-46(41)42)45-27-37(32-15-17-33(18-16-32)38-5-3-25-49-29-38)23-24-40(45)35-21-19-34(20-22-35)39-6-4-26-50-30-39/h1-27,29-30H. The van der Waals surface area contributed by atoms with E-state index in [1.165, 1.54) is 42.4 Å². The van der Waals surface area contributed by atoms with E-state index in [1.54, 1.807) is 12.4 Å². The number of hydrogen-bond acceptors (Lipinski definition) is 4. The minimum absolute atomic E-state index is 0.664. The molecule has 3 aromatic heterocycles. The summed E-state index contributed by atoms with van der Waals surface area (Å²) in [5.74, 6) is 0. The van der Waals surface area contributed by atoms with Gasteiger partial charge < -0.3 is 0 Å². The molecule has 0 atom stereocenters. The summed E-state index contributed by atoms with van der Waals surface area (Å²) < 4.78 is 2.50. The number of nitrogens with zero attached hydrogens (tertiary/aromatic N) is 3. The van der Waals surface area contributed by atoms with Crippen LogP contribution in [-0.4, -0.2) is 9.97 Å². The highest BCUT2D eigenvalue weighted by atomic mass is 32.1. The molecule has 0 aliphatic carbocycles. The summed E-state index contributed by atoms with van der Waals surface area (Å²) >= 11 is 1.84. The van der Waals surface area contributed by atoms with E-state index in [4.69, 9.17) is 0 Å². The molecule has 0 aliphatic rings. The molecule has 0 saturated heterocycles. The van der Waals surface area contributed by atoms with Gasteiger partial charge in [-0.3, -0.25) is 9.97 Å². The van der Waals surface area contributed by atoms with Gasteiger partial charge in [0, 0.05) is 50.5 Å². The summed E-state index contributed by atoms with van der Waals surface area (Å²) in [5.41, 5.74) is 14.5. The van der Waals surface area contributed by atoms with Crippen LogP contribution in [0.3, 0.4) is 0 Å². The molecular formula is C47H29N3S. The Morgan fingerprint density at radius 3 is 1.45 bits per heavy atom. The van der Waals surface area contributed by atoms with Gasteiger partial charge in [-0.25, -0.2) is 0 Å². The molecule has 3 heterocycles. The minimum Gasteiger partial charge on any atom is -0.264 e. The molecule has 0 N–H and O–H groups in total. The van der Waals surface area contributed by atoms with Crippen LogP contribution in [0.5, 0.6) is 0 Å². The van der Waals surface area contributed by atoms with Crippen molar-refractivity contribution in [1.29, 1.82) is 5.26 Å². The van der Waals surface area contributed by atoms with E-state index in [0.29, 0.717) is 5.56 Å². The van der Waals surface area contributed by atoms with Crippen molar-refractivity contribution in [3.05, 3.63) is 182 Å². The predicted molar refractivity (Wildman–Crippen MR) is 212 cm³/mol. The third kappa shape index (κ3) is 5.66. The summed E-state index contributed by atoms with van der Waals surface area (Å²) in [6.45, 7) is 0. The lowest BCUT2D eigenvalue weighted by Crippen LogP contribution is -1.89. The Kier molecular flexibility index (Phi) is 7.74. The van der Waals surface area contributed by atoms with Crippen molar-refractivity contribution in [3.63, 3.8) is 0 Å². The van der Waals surface area contributed by atoms with Gasteiger partial charge in [0.2, 0.25) is 0 Å². The van der Waals surface area contributed by atoms with Crippen molar-refractivity contribution in [2.45, 2.75) is 0 Å². The van der Waals surface area contributed by atoms with Crippen LogP contribution in [0, 0.1) is 11.3 Å². The quantitative estimate of drug-likeness (QED) is 0.177. The SMILES string of the molecule is N#Cc1ccc(-c2cccc3c2sc2c(-c4cc(-c5ccc(-c6cccnc6)cc5)ccc4-c4ccc(-c5cccnc5)cc4)cccc23)cc1. The van der Waals surface area contributed by atoms with Crippen LogP contribution in [0.2, 0.25) is 0 Å². The van der Waals surface area contributed by atoms with Crippen molar-refractivity contribution >= 4 is 31.5 Å². The Morgan fingerprint density at radius 2 is 0.882 bits per heavy atom. The van der Waals surface area contributed by atoms with E-state index >= 15 is 0 Å². The molecule has 4 heteroatoms. The van der Waals surface area contributed by atoms with Crippen molar-refractivity contribution in [2.24, 2.45) is 0 Å². The van der Waals surface area contributed by atoms with E-state index in [1.807, 2.05) is 48.0 Å². The minimum atomic E-state index is 0.664. The average Bonchev–Trinajstić information content (AvgIpc) is 3.61. The summed E-state index contributed by atoms with van der Waals surface area (Å²) in [4.78, 5) is 8.63. The second-order valence-corrected chi connectivity index (χ2v) is 13.6. The van der Waals surface area contributed by atoms with Crippen molar-refractivity contribution < 1.29 is 0 Å². The molecule has 238 valence electrons. The monoisotopic (exact) mass is 667 g/mol. The first-order valence-electron chi connectivity index (χ1n) is 16.8. The number of nitriles is 1. The molecule has 0 fully saturated rings. The molecule has 0 amide bonds. The Hall–Kier alpha value is -6.67. The van der Waals surface area contributed by atoms with Crippen LogP contribution >= 0.6 is 11.3 Å². The van der Waals surface area contributed by atoms with Gasteiger partial charge in [0.05, 0.1) is 11.6 Å². The number of benzene rings is 6. The Labute approximate surface area is 300 Å². The largest absolute Gasteiger partial charge is 0.264 e.